The van der Waals surface area contributed by atoms with E-state index >= 15 is 0 Å². The van der Waals surface area contributed by atoms with E-state index in [2.05, 4.69) is 15.1 Å². The van der Waals surface area contributed by atoms with E-state index in [1.807, 2.05) is 71.2 Å². The number of hydrogen-bond acceptors (Lipinski definition) is 8. The topological polar surface area (TPSA) is 112 Å². The lowest BCUT2D eigenvalue weighted by molar-refractivity contribution is -0.159. The average Bonchev–Trinajstić information content (AvgIpc) is 3.59. The molecule has 272 valence electrons. The van der Waals surface area contributed by atoms with Crippen molar-refractivity contribution in [3.05, 3.63) is 47.5 Å². The van der Waals surface area contributed by atoms with Gasteiger partial charge >= 0.3 is 5.97 Å². The Bertz CT molecular complexity index is 1300. The van der Waals surface area contributed by atoms with Crippen molar-refractivity contribution in [3.8, 4) is 0 Å². The second kappa shape index (κ2) is 18.1. The number of likely N-dealkylation sites (tertiary alicyclic amines) is 2. The van der Waals surface area contributed by atoms with E-state index in [1.54, 1.807) is 23.8 Å². The van der Waals surface area contributed by atoms with Crippen molar-refractivity contribution in [3.63, 3.8) is 0 Å². The molecule has 0 bridgehead atoms. The molecule has 49 heavy (non-hydrogen) atoms. The van der Waals surface area contributed by atoms with Crippen LogP contribution in [0.25, 0.3) is 0 Å². The van der Waals surface area contributed by atoms with Crippen molar-refractivity contribution in [2.75, 3.05) is 60.0 Å². The lowest BCUT2D eigenvalue weighted by Gasteiger charge is -2.36. The lowest BCUT2D eigenvalue weighted by atomic mass is 9.96. The predicted octanol–water partition coefficient (Wildman–Crippen LogP) is 3.65. The monoisotopic (exact) mass is 681 g/mol. The van der Waals surface area contributed by atoms with Crippen molar-refractivity contribution in [1.29, 1.82) is 0 Å². The summed E-state index contributed by atoms with van der Waals surface area (Å²) >= 11 is 0. The molecule has 1 N–H and O–H groups in total. The molecule has 1 aromatic carbocycles. The number of likely N-dealkylation sites (N-methyl/N-ethyl adjacent to an activating group) is 2. The molecule has 4 rings (SSSR count). The van der Waals surface area contributed by atoms with Gasteiger partial charge in [-0.25, -0.2) is 4.79 Å². The minimum Gasteiger partial charge on any atom is -0.455 e. The van der Waals surface area contributed by atoms with Gasteiger partial charge in [0.15, 0.2) is 0 Å². The molecule has 3 aliphatic heterocycles. The van der Waals surface area contributed by atoms with Crippen molar-refractivity contribution < 1.29 is 28.7 Å². The van der Waals surface area contributed by atoms with Gasteiger partial charge in [0.25, 0.3) is 0 Å². The fourth-order valence-electron chi connectivity index (χ4n) is 7.21. The zero-order chi connectivity index (χ0) is 35.7. The number of amides is 3. The minimum absolute atomic E-state index is 0.00384. The van der Waals surface area contributed by atoms with E-state index in [-0.39, 0.29) is 35.6 Å². The van der Waals surface area contributed by atoms with Gasteiger partial charge in [-0.2, -0.15) is 0 Å². The smallest absolute Gasteiger partial charge is 0.329 e. The van der Waals surface area contributed by atoms with Gasteiger partial charge in [-0.15, -0.1) is 0 Å². The van der Waals surface area contributed by atoms with E-state index in [1.165, 1.54) is 0 Å². The number of carbonyl (C=O) groups excluding carboxylic acids is 4. The molecule has 5 unspecified atom stereocenters. The fraction of sp³-hybridized carbons (Fsp3) is 0.684. The molecule has 3 fully saturated rings. The summed E-state index contributed by atoms with van der Waals surface area (Å²) in [5.74, 6) is -1.05. The first-order valence-electron chi connectivity index (χ1n) is 18.2. The molecule has 3 aliphatic rings. The minimum atomic E-state index is -0.689. The standard InChI is InChI=1S/C38H59N5O6/c1-26(2)32(41(7)37(46)34(27(3)4)39-35(44)30-16-11-12-18-40(30)6)24-28(5)36(45)43-19-13-17-31(43)38(47)49-33(29-14-9-8-10-15-29)25-42-20-22-48-23-21-42/h8-10,14-15,24,26-27,30-34H,11-13,16-23,25H2,1-7H3,(H,39,44)/b28-24+. The molecule has 0 aliphatic carbocycles. The van der Waals surface area contributed by atoms with Gasteiger partial charge in [0, 0.05) is 38.8 Å². The highest BCUT2D eigenvalue weighted by Crippen LogP contribution is 2.27. The molecule has 1 aromatic rings. The summed E-state index contributed by atoms with van der Waals surface area (Å²) in [7, 11) is 3.70. The zero-order valence-corrected chi connectivity index (χ0v) is 30.7. The summed E-state index contributed by atoms with van der Waals surface area (Å²) in [5.41, 5.74) is 1.39. The number of morpholine rings is 1. The first-order chi connectivity index (χ1) is 23.4. The Labute approximate surface area is 293 Å². The van der Waals surface area contributed by atoms with E-state index in [0.29, 0.717) is 44.7 Å². The maximum absolute atomic E-state index is 13.9. The van der Waals surface area contributed by atoms with Crippen LogP contribution in [0.15, 0.2) is 42.0 Å². The summed E-state index contributed by atoms with van der Waals surface area (Å²) in [6.45, 7) is 14.4. The van der Waals surface area contributed by atoms with Crippen LogP contribution in [-0.2, 0) is 28.7 Å². The number of benzene rings is 1. The number of esters is 1. The molecule has 0 aromatic heterocycles. The molecular weight excluding hydrogens is 622 g/mol. The van der Waals surface area contributed by atoms with E-state index in [4.69, 9.17) is 9.47 Å². The van der Waals surface area contributed by atoms with Gasteiger partial charge in [-0.3, -0.25) is 24.2 Å². The second-order valence-corrected chi connectivity index (χ2v) is 14.7. The molecule has 11 heteroatoms. The average molecular weight is 682 g/mol. The zero-order valence-electron chi connectivity index (χ0n) is 30.7. The quantitative estimate of drug-likeness (QED) is 0.248. The predicted molar refractivity (Wildman–Crippen MR) is 189 cm³/mol. The Morgan fingerprint density at radius 3 is 2.24 bits per heavy atom. The van der Waals surface area contributed by atoms with Gasteiger partial charge in [0.1, 0.15) is 18.2 Å². The molecule has 11 nitrogen and oxygen atoms in total. The van der Waals surface area contributed by atoms with Crippen LogP contribution in [0.4, 0.5) is 0 Å². The van der Waals surface area contributed by atoms with Crippen LogP contribution in [0.1, 0.15) is 78.4 Å². The normalized spacial score (nSPS) is 22.9. The summed E-state index contributed by atoms with van der Waals surface area (Å²) < 4.78 is 11.7. The Morgan fingerprint density at radius 1 is 0.939 bits per heavy atom. The highest BCUT2D eigenvalue weighted by molar-refractivity contribution is 5.96. The Kier molecular flexibility index (Phi) is 14.2. The van der Waals surface area contributed by atoms with E-state index < -0.39 is 30.2 Å². The SMILES string of the molecule is C/C(=C\C(C(C)C)N(C)C(=O)C(NC(=O)C1CCCCN1C)C(C)C)C(=O)N1CCCC1C(=O)OC(CN1CCOCC1)c1ccccc1. The summed E-state index contributed by atoms with van der Waals surface area (Å²) in [6, 6.07) is 7.75. The van der Waals surface area contributed by atoms with E-state index in [9.17, 15) is 19.2 Å². The van der Waals surface area contributed by atoms with Crippen LogP contribution in [0, 0.1) is 11.8 Å². The third-order valence-corrected chi connectivity index (χ3v) is 10.3. The third-order valence-electron chi connectivity index (χ3n) is 10.3. The van der Waals surface area contributed by atoms with Crippen molar-refractivity contribution in [2.24, 2.45) is 11.8 Å². The van der Waals surface area contributed by atoms with Crippen LogP contribution in [0.2, 0.25) is 0 Å². The molecule has 3 amide bonds. The molecule has 0 spiro atoms. The van der Waals surface area contributed by atoms with Crippen molar-refractivity contribution in [1.82, 2.24) is 24.9 Å². The number of carbonyl (C=O) groups is 4. The molecule has 0 radical (unpaired) electrons. The van der Waals surface area contributed by atoms with Gasteiger partial charge < -0.3 is 24.6 Å². The number of nitrogens with one attached hydrogen (secondary N) is 1. The Hall–Kier alpha value is -3.28. The number of piperidine rings is 1. The highest BCUT2D eigenvalue weighted by Gasteiger charge is 2.39. The van der Waals surface area contributed by atoms with Crippen LogP contribution in [0.5, 0.6) is 0 Å². The summed E-state index contributed by atoms with van der Waals surface area (Å²) in [4.78, 5) is 62.5. The van der Waals surface area contributed by atoms with Crippen molar-refractivity contribution in [2.45, 2.75) is 97.0 Å². The molecule has 0 saturated carbocycles. The first kappa shape index (κ1) is 38.5. The number of ether oxygens (including phenoxy) is 2. The number of rotatable bonds is 13. The highest BCUT2D eigenvalue weighted by atomic mass is 16.5. The van der Waals surface area contributed by atoms with Crippen LogP contribution in [-0.4, -0.2) is 127 Å². The van der Waals surface area contributed by atoms with Gasteiger partial charge in [-0.05, 0) is 63.6 Å². The summed E-state index contributed by atoms with van der Waals surface area (Å²) in [6.07, 6.45) is 5.46. The largest absolute Gasteiger partial charge is 0.455 e. The van der Waals surface area contributed by atoms with Gasteiger partial charge in [0.05, 0.1) is 25.3 Å². The first-order valence-corrected chi connectivity index (χ1v) is 18.2. The third kappa shape index (κ3) is 10.1. The Morgan fingerprint density at radius 2 is 1.61 bits per heavy atom. The second-order valence-electron chi connectivity index (χ2n) is 14.7. The molecule has 3 heterocycles. The Balaban J connectivity index is 1.45. The molecule has 3 saturated heterocycles. The van der Waals surface area contributed by atoms with Crippen molar-refractivity contribution >= 4 is 23.7 Å². The van der Waals surface area contributed by atoms with Crippen LogP contribution < -0.4 is 5.32 Å². The summed E-state index contributed by atoms with van der Waals surface area (Å²) in [5, 5.41) is 3.05. The number of nitrogens with zero attached hydrogens (tertiary/aromatic N) is 4. The maximum Gasteiger partial charge on any atom is 0.329 e. The molecular formula is C38H59N5O6. The number of hydrogen-bond donors (Lipinski definition) is 1. The van der Waals surface area contributed by atoms with Gasteiger partial charge in [-0.1, -0.05) is 70.5 Å². The maximum atomic E-state index is 13.9. The fourth-order valence-corrected chi connectivity index (χ4v) is 7.21. The molecule has 5 atom stereocenters. The van der Waals surface area contributed by atoms with Crippen LogP contribution >= 0.6 is 0 Å². The van der Waals surface area contributed by atoms with Crippen LogP contribution in [0.3, 0.4) is 0 Å². The van der Waals surface area contributed by atoms with E-state index in [0.717, 1.165) is 44.5 Å². The van der Waals surface area contributed by atoms with Gasteiger partial charge in [0.2, 0.25) is 17.7 Å². The lowest BCUT2D eigenvalue weighted by Crippen LogP contribution is -2.57.